The average molecular weight is 302 g/mol. The Morgan fingerprint density at radius 3 is 2.94 bits per heavy atom. The van der Waals surface area contributed by atoms with Crippen LogP contribution in [0, 0.1) is 0 Å². The highest BCUT2D eigenvalue weighted by Crippen LogP contribution is 2.35. The zero-order valence-corrected chi connectivity index (χ0v) is 11.9. The van der Waals surface area contributed by atoms with Gasteiger partial charge in [0.2, 0.25) is 0 Å². The van der Waals surface area contributed by atoms with Crippen LogP contribution in [-0.4, -0.2) is 18.9 Å². The molecule has 0 aromatic heterocycles. The number of halogens is 1. The number of ether oxygens (including phenoxy) is 1. The lowest BCUT2D eigenvalue weighted by molar-refractivity contribution is 0.411. The fourth-order valence-electron chi connectivity index (χ4n) is 1.79. The second-order valence-electron chi connectivity index (χ2n) is 4.00. The molecule has 2 nitrogen and oxygen atoms in total. The summed E-state index contributed by atoms with van der Waals surface area (Å²) in [4.78, 5) is 0. The Morgan fingerprint density at radius 2 is 2.31 bits per heavy atom. The molecule has 88 valence electrons. The van der Waals surface area contributed by atoms with Gasteiger partial charge in [-0.1, -0.05) is 6.07 Å². The average Bonchev–Trinajstić information content (AvgIpc) is 2.29. The molecule has 1 aliphatic rings. The predicted molar refractivity (Wildman–Crippen MR) is 73.1 cm³/mol. The van der Waals surface area contributed by atoms with Gasteiger partial charge in [-0.3, -0.25) is 5.32 Å². The van der Waals surface area contributed by atoms with E-state index in [1.165, 1.54) is 17.7 Å². The summed E-state index contributed by atoms with van der Waals surface area (Å²) in [6.07, 6.45) is 1.25. The molecule has 1 N–H and O–H groups in total. The van der Waals surface area contributed by atoms with Gasteiger partial charge in [0, 0.05) is 6.04 Å². The minimum atomic E-state index is 0.408. The number of thioether (sulfide) groups is 1. The van der Waals surface area contributed by atoms with E-state index >= 15 is 0 Å². The highest BCUT2D eigenvalue weighted by atomic mass is 79.9. The molecule has 0 radical (unpaired) electrons. The Morgan fingerprint density at radius 1 is 1.50 bits per heavy atom. The van der Waals surface area contributed by atoms with E-state index in [-0.39, 0.29) is 0 Å². The highest BCUT2D eigenvalue weighted by molar-refractivity contribution is 9.10. The van der Waals surface area contributed by atoms with Gasteiger partial charge in [0.05, 0.1) is 17.0 Å². The van der Waals surface area contributed by atoms with Crippen LogP contribution in [-0.2, 0) is 0 Å². The van der Waals surface area contributed by atoms with E-state index in [4.69, 9.17) is 4.74 Å². The molecule has 1 saturated heterocycles. The minimum absolute atomic E-state index is 0.408. The lowest BCUT2D eigenvalue weighted by atomic mass is 10.2. The van der Waals surface area contributed by atoms with Crippen LogP contribution in [0.15, 0.2) is 22.7 Å². The Balaban J connectivity index is 2.17. The lowest BCUT2D eigenvalue weighted by Gasteiger charge is -2.28. The summed E-state index contributed by atoms with van der Waals surface area (Å²) < 4.78 is 6.26. The van der Waals surface area contributed by atoms with Crippen LogP contribution in [0.2, 0.25) is 0 Å². The SMILES string of the molecule is COc1ccc(C2NC(C)CCS2)cc1Br. The molecule has 1 aromatic rings. The highest BCUT2D eigenvalue weighted by Gasteiger charge is 2.20. The van der Waals surface area contributed by atoms with Crippen LogP contribution in [0.4, 0.5) is 0 Å². The van der Waals surface area contributed by atoms with Crippen molar-refractivity contribution in [2.45, 2.75) is 24.8 Å². The molecule has 2 unspecified atom stereocenters. The standard InChI is InChI=1S/C12H16BrNOS/c1-8-5-6-16-12(14-8)9-3-4-11(15-2)10(13)7-9/h3-4,7-8,12,14H,5-6H2,1-2H3. The van der Waals surface area contributed by atoms with Crippen molar-refractivity contribution in [3.8, 4) is 5.75 Å². The Bertz CT molecular complexity index is 372. The maximum Gasteiger partial charge on any atom is 0.133 e. The van der Waals surface area contributed by atoms with E-state index in [1.54, 1.807) is 7.11 Å². The Kier molecular flexibility index (Phi) is 4.16. The zero-order valence-electron chi connectivity index (χ0n) is 9.50. The van der Waals surface area contributed by atoms with Gasteiger partial charge < -0.3 is 4.74 Å². The molecule has 0 bridgehead atoms. The molecule has 1 aromatic carbocycles. The molecule has 1 heterocycles. The van der Waals surface area contributed by atoms with Gasteiger partial charge in [-0.25, -0.2) is 0 Å². The summed E-state index contributed by atoms with van der Waals surface area (Å²) >= 11 is 5.50. The van der Waals surface area contributed by atoms with E-state index in [0.717, 1.165) is 10.2 Å². The number of methoxy groups -OCH3 is 1. The van der Waals surface area contributed by atoms with Crippen molar-refractivity contribution in [3.05, 3.63) is 28.2 Å². The predicted octanol–water partition coefficient (Wildman–Crippen LogP) is 3.57. The first kappa shape index (κ1) is 12.3. The fraction of sp³-hybridized carbons (Fsp3) is 0.500. The van der Waals surface area contributed by atoms with E-state index in [9.17, 15) is 0 Å². The van der Waals surface area contributed by atoms with E-state index in [0.29, 0.717) is 11.4 Å². The summed E-state index contributed by atoms with van der Waals surface area (Å²) in [5.41, 5.74) is 1.31. The first-order valence-electron chi connectivity index (χ1n) is 5.42. The third kappa shape index (κ3) is 2.73. The van der Waals surface area contributed by atoms with Crippen molar-refractivity contribution < 1.29 is 4.74 Å². The zero-order chi connectivity index (χ0) is 11.5. The topological polar surface area (TPSA) is 21.3 Å². The molecule has 2 rings (SSSR count). The Labute approximate surface area is 109 Å². The molecule has 0 saturated carbocycles. The molecular weight excluding hydrogens is 286 g/mol. The number of hydrogen-bond donors (Lipinski definition) is 1. The number of benzene rings is 1. The van der Waals surface area contributed by atoms with Gasteiger partial charge in [0.1, 0.15) is 5.75 Å². The maximum absolute atomic E-state index is 5.23. The fourth-order valence-corrected chi connectivity index (χ4v) is 3.74. The molecule has 1 aliphatic heterocycles. The van der Waals surface area contributed by atoms with Gasteiger partial charge in [0.25, 0.3) is 0 Å². The first-order chi connectivity index (χ1) is 7.70. The molecule has 1 fully saturated rings. The summed E-state index contributed by atoms with van der Waals surface area (Å²) in [5, 5.41) is 4.01. The summed E-state index contributed by atoms with van der Waals surface area (Å²) in [6, 6.07) is 6.89. The Hall–Kier alpha value is -0.190. The van der Waals surface area contributed by atoms with Gasteiger partial charge in [0.15, 0.2) is 0 Å². The van der Waals surface area contributed by atoms with Crippen molar-refractivity contribution in [2.75, 3.05) is 12.9 Å². The second kappa shape index (κ2) is 5.43. The van der Waals surface area contributed by atoms with Gasteiger partial charge in [-0.05, 0) is 52.7 Å². The maximum atomic E-state index is 5.23. The summed E-state index contributed by atoms with van der Waals surface area (Å²) in [7, 11) is 1.69. The molecule has 0 amide bonds. The molecule has 2 atom stereocenters. The molecule has 4 heteroatoms. The van der Waals surface area contributed by atoms with Crippen LogP contribution >= 0.6 is 27.7 Å². The van der Waals surface area contributed by atoms with Gasteiger partial charge in [-0.15, -0.1) is 11.8 Å². The summed E-state index contributed by atoms with van der Waals surface area (Å²) in [6.45, 7) is 2.24. The quantitative estimate of drug-likeness (QED) is 0.902. The third-order valence-corrected chi connectivity index (χ3v) is 4.58. The van der Waals surface area contributed by atoms with Crippen molar-refractivity contribution >= 4 is 27.7 Å². The number of rotatable bonds is 2. The smallest absolute Gasteiger partial charge is 0.133 e. The summed E-state index contributed by atoms with van der Waals surface area (Å²) in [5.74, 6) is 2.11. The van der Waals surface area contributed by atoms with E-state index in [2.05, 4.69) is 40.3 Å². The second-order valence-corrected chi connectivity index (χ2v) is 6.07. The van der Waals surface area contributed by atoms with Crippen LogP contribution in [0.5, 0.6) is 5.75 Å². The van der Waals surface area contributed by atoms with Crippen molar-refractivity contribution in [1.82, 2.24) is 5.32 Å². The minimum Gasteiger partial charge on any atom is -0.496 e. The molecule has 0 spiro atoms. The largest absolute Gasteiger partial charge is 0.496 e. The van der Waals surface area contributed by atoms with Crippen LogP contribution in [0.1, 0.15) is 24.3 Å². The van der Waals surface area contributed by atoms with Crippen LogP contribution in [0.25, 0.3) is 0 Å². The number of nitrogens with one attached hydrogen (secondary N) is 1. The van der Waals surface area contributed by atoms with E-state index in [1.807, 2.05) is 17.8 Å². The monoisotopic (exact) mass is 301 g/mol. The third-order valence-electron chi connectivity index (χ3n) is 2.75. The van der Waals surface area contributed by atoms with Crippen molar-refractivity contribution in [1.29, 1.82) is 0 Å². The van der Waals surface area contributed by atoms with E-state index < -0.39 is 0 Å². The molecule has 16 heavy (non-hydrogen) atoms. The molecular formula is C12H16BrNOS. The first-order valence-corrected chi connectivity index (χ1v) is 7.26. The van der Waals surface area contributed by atoms with Crippen molar-refractivity contribution in [3.63, 3.8) is 0 Å². The van der Waals surface area contributed by atoms with Gasteiger partial charge in [-0.2, -0.15) is 0 Å². The van der Waals surface area contributed by atoms with Crippen LogP contribution in [0.3, 0.4) is 0 Å². The molecule has 0 aliphatic carbocycles. The lowest BCUT2D eigenvalue weighted by Crippen LogP contribution is -2.33. The van der Waals surface area contributed by atoms with Gasteiger partial charge >= 0.3 is 0 Å². The normalized spacial score (nSPS) is 25.4. The number of hydrogen-bond acceptors (Lipinski definition) is 3. The van der Waals surface area contributed by atoms with Crippen LogP contribution < -0.4 is 10.1 Å². The van der Waals surface area contributed by atoms with Crippen molar-refractivity contribution in [2.24, 2.45) is 0 Å².